The Hall–Kier alpha value is -2.03. The molecular formula is C9H8F3N5O. The zero-order chi connectivity index (χ0) is 13.2. The van der Waals surface area contributed by atoms with Crippen LogP contribution in [0.5, 0.6) is 0 Å². The summed E-state index contributed by atoms with van der Waals surface area (Å²) in [5.41, 5.74) is -0.718. The van der Waals surface area contributed by atoms with Crippen molar-refractivity contribution in [1.29, 1.82) is 0 Å². The third-order valence-electron chi connectivity index (χ3n) is 2.24. The molecule has 0 saturated carbocycles. The maximum atomic E-state index is 13.8. The lowest BCUT2D eigenvalue weighted by atomic mass is 10.1. The van der Waals surface area contributed by atoms with Gasteiger partial charge in [0.05, 0.1) is 12.7 Å². The lowest BCUT2D eigenvalue weighted by Crippen LogP contribution is -2.35. The zero-order valence-corrected chi connectivity index (χ0v) is 8.91. The van der Waals surface area contributed by atoms with Crippen LogP contribution in [-0.2, 0) is 12.5 Å². The Morgan fingerprint density at radius 1 is 1.39 bits per heavy atom. The van der Waals surface area contributed by atoms with Crippen molar-refractivity contribution in [2.24, 2.45) is 0 Å². The second-order valence-electron chi connectivity index (χ2n) is 3.53. The van der Waals surface area contributed by atoms with Crippen LogP contribution < -0.4 is 0 Å². The number of alkyl halides is 2. The molecule has 96 valence electrons. The molecule has 0 aromatic carbocycles. The minimum Gasteiger partial charge on any atom is -0.384 e. The van der Waals surface area contributed by atoms with Crippen molar-refractivity contribution in [2.75, 3.05) is 0 Å². The third-order valence-corrected chi connectivity index (χ3v) is 2.24. The highest BCUT2D eigenvalue weighted by Crippen LogP contribution is 2.30. The minimum absolute atomic E-state index is 0.501. The molecule has 1 atom stereocenters. The highest BCUT2D eigenvalue weighted by atomic mass is 19.3. The van der Waals surface area contributed by atoms with Gasteiger partial charge in [0.25, 0.3) is 0 Å². The largest absolute Gasteiger partial charge is 0.384 e. The predicted molar refractivity (Wildman–Crippen MR) is 51.9 cm³/mol. The standard InChI is InChI=1S/C9H8F3N5O/c10-6-1-2-7(13-3-6)9(11,12)8(18)4-17-5-14-15-16-17/h1-3,5,8,18H,4H2. The van der Waals surface area contributed by atoms with Gasteiger partial charge in [0.1, 0.15) is 23.9 Å². The number of pyridine rings is 1. The summed E-state index contributed by atoms with van der Waals surface area (Å²) in [6.07, 6.45) is -0.316. The number of hydrogen-bond acceptors (Lipinski definition) is 5. The van der Waals surface area contributed by atoms with Gasteiger partial charge in [-0.1, -0.05) is 0 Å². The number of nitrogens with zero attached hydrogens (tertiary/aromatic N) is 5. The number of aliphatic hydroxyl groups excluding tert-OH is 1. The van der Waals surface area contributed by atoms with Crippen molar-refractivity contribution in [1.82, 2.24) is 25.2 Å². The van der Waals surface area contributed by atoms with E-state index in [1.807, 2.05) is 0 Å². The Kier molecular flexibility index (Phi) is 3.24. The maximum absolute atomic E-state index is 13.8. The van der Waals surface area contributed by atoms with Gasteiger partial charge in [0, 0.05) is 0 Å². The average molecular weight is 259 g/mol. The Morgan fingerprint density at radius 2 is 2.17 bits per heavy atom. The molecule has 0 aliphatic heterocycles. The summed E-state index contributed by atoms with van der Waals surface area (Å²) < 4.78 is 41.1. The Labute approximate surface area is 99.1 Å². The molecule has 0 bridgehead atoms. The molecule has 0 fully saturated rings. The van der Waals surface area contributed by atoms with Crippen LogP contribution in [0, 0.1) is 5.82 Å². The van der Waals surface area contributed by atoms with E-state index < -0.39 is 30.1 Å². The van der Waals surface area contributed by atoms with Crippen LogP contribution in [0.1, 0.15) is 5.69 Å². The van der Waals surface area contributed by atoms with Crippen LogP contribution in [0.4, 0.5) is 13.2 Å². The molecule has 18 heavy (non-hydrogen) atoms. The topological polar surface area (TPSA) is 76.7 Å². The maximum Gasteiger partial charge on any atom is 0.316 e. The van der Waals surface area contributed by atoms with Crippen LogP contribution in [-0.4, -0.2) is 36.4 Å². The van der Waals surface area contributed by atoms with Crippen molar-refractivity contribution < 1.29 is 18.3 Å². The van der Waals surface area contributed by atoms with E-state index in [0.717, 1.165) is 23.1 Å². The zero-order valence-electron chi connectivity index (χ0n) is 8.91. The van der Waals surface area contributed by atoms with Gasteiger partial charge in [0.15, 0.2) is 0 Å². The molecule has 9 heteroatoms. The minimum atomic E-state index is -3.63. The van der Waals surface area contributed by atoms with Crippen LogP contribution in [0.2, 0.25) is 0 Å². The van der Waals surface area contributed by atoms with E-state index in [-0.39, 0.29) is 0 Å². The number of tetrazole rings is 1. The SMILES string of the molecule is OC(Cn1cnnn1)C(F)(F)c1ccc(F)cn1. The van der Waals surface area contributed by atoms with Gasteiger partial charge in [-0.05, 0) is 22.6 Å². The first-order valence-electron chi connectivity index (χ1n) is 4.89. The molecule has 2 rings (SSSR count). The Morgan fingerprint density at radius 3 is 2.72 bits per heavy atom. The fourth-order valence-corrected chi connectivity index (χ4v) is 1.30. The molecule has 6 nitrogen and oxygen atoms in total. The summed E-state index contributed by atoms with van der Waals surface area (Å²) in [7, 11) is 0. The highest BCUT2D eigenvalue weighted by molar-refractivity contribution is 5.12. The van der Waals surface area contributed by atoms with Crippen LogP contribution >= 0.6 is 0 Å². The summed E-state index contributed by atoms with van der Waals surface area (Å²) in [6.45, 7) is -0.501. The normalized spacial score (nSPS) is 13.6. The highest BCUT2D eigenvalue weighted by Gasteiger charge is 2.42. The van der Waals surface area contributed by atoms with Crippen LogP contribution in [0.3, 0.4) is 0 Å². The van der Waals surface area contributed by atoms with Crippen LogP contribution in [0.15, 0.2) is 24.7 Å². The molecular weight excluding hydrogens is 251 g/mol. The van der Waals surface area contributed by atoms with Crippen LogP contribution in [0.25, 0.3) is 0 Å². The fourth-order valence-electron chi connectivity index (χ4n) is 1.30. The molecule has 2 aromatic rings. The van der Waals surface area contributed by atoms with E-state index in [1.165, 1.54) is 0 Å². The first-order valence-corrected chi connectivity index (χ1v) is 4.89. The number of aromatic nitrogens is 5. The van der Waals surface area contributed by atoms with Gasteiger partial charge in [-0.25, -0.2) is 9.07 Å². The van der Waals surface area contributed by atoms with Gasteiger partial charge in [-0.15, -0.1) is 5.10 Å². The van der Waals surface area contributed by atoms with E-state index in [0.29, 0.717) is 6.20 Å². The first-order chi connectivity index (χ1) is 8.50. The molecule has 0 aliphatic carbocycles. The molecule has 0 aliphatic rings. The molecule has 0 saturated heterocycles. The lowest BCUT2D eigenvalue weighted by molar-refractivity contribution is -0.125. The quantitative estimate of drug-likeness (QED) is 0.857. The number of hydrogen-bond donors (Lipinski definition) is 1. The van der Waals surface area contributed by atoms with Crippen molar-refractivity contribution in [3.63, 3.8) is 0 Å². The molecule has 2 aromatic heterocycles. The van der Waals surface area contributed by atoms with Crippen molar-refractivity contribution in [3.05, 3.63) is 36.2 Å². The smallest absolute Gasteiger partial charge is 0.316 e. The van der Waals surface area contributed by atoms with E-state index in [1.54, 1.807) is 0 Å². The van der Waals surface area contributed by atoms with E-state index in [4.69, 9.17) is 0 Å². The third kappa shape index (κ3) is 2.45. The number of halogens is 3. The fraction of sp³-hybridized carbons (Fsp3) is 0.333. The molecule has 0 amide bonds. The van der Waals surface area contributed by atoms with Crippen molar-refractivity contribution in [2.45, 2.75) is 18.6 Å². The number of rotatable bonds is 4. The molecule has 1 N–H and O–H groups in total. The van der Waals surface area contributed by atoms with E-state index in [2.05, 4.69) is 20.5 Å². The summed E-state index contributed by atoms with van der Waals surface area (Å²) in [6, 6.07) is 1.66. The lowest BCUT2D eigenvalue weighted by Gasteiger charge is -2.21. The van der Waals surface area contributed by atoms with Gasteiger partial charge in [-0.3, -0.25) is 4.98 Å². The Bertz CT molecular complexity index is 501. The molecule has 0 spiro atoms. The summed E-state index contributed by atoms with van der Waals surface area (Å²) in [4.78, 5) is 3.25. The van der Waals surface area contributed by atoms with Gasteiger partial charge >= 0.3 is 5.92 Å². The van der Waals surface area contributed by atoms with E-state index >= 15 is 0 Å². The molecule has 0 radical (unpaired) electrons. The van der Waals surface area contributed by atoms with E-state index in [9.17, 15) is 18.3 Å². The number of aliphatic hydroxyl groups is 1. The van der Waals surface area contributed by atoms with Gasteiger partial charge < -0.3 is 5.11 Å². The van der Waals surface area contributed by atoms with Crippen molar-refractivity contribution in [3.8, 4) is 0 Å². The predicted octanol–water partition coefficient (Wildman–Crippen LogP) is 0.360. The molecule has 2 heterocycles. The first kappa shape index (κ1) is 12.4. The van der Waals surface area contributed by atoms with Gasteiger partial charge in [0.2, 0.25) is 0 Å². The summed E-state index contributed by atoms with van der Waals surface area (Å²) in [5, 5.41) is 19.3. The average Bonchev–Trinajstić information content (AvgIpc) is 2.82. The summed E-state index contributed by atoms with van der Waals surface area (Å²) >= 11 is 0. The second kappa shape index (κ2) is 4.69. The monoisotopic (exact) mass is 259 g/mol. The summed E-state index contributed by atoms with van der Waals surface area (Å²) in [5.74, 6) is -4.36. The second-order valence-corrected chi connectivity index (χ2v) is 3.53. The van der Waals surface area contributed by atoms with Gasteiger partial charge in [-0.2, -0.15) is 8.78 Å². The Balaban J connectivity index is 2.16. The molecule has 1 unspecified atom stereocenters. The van der Waals surface area contributed by atoms with Crippen molar-refractivity contribution >= 4 is 0 Å².